The fourth-order valence-electron chi connectivity index (χ4n) is 3.03. The summed E-state index contributed by atoms with van der Waals surface area (Å²) in [7, 11) is 3.30. The van der Waals surface area contributed by atoms with Gasteiger partial charge in [-0.25, -0.2) is 9.97 Å². The summed E-state index contributed by atoms with van der Waals surface area (Å²) in [5.41, 5.74) is 13.8. The van der Waals surface area contributed by atoms with Crippen molar-refractivity contribution in [3.8, 4) is 5.75 Å². The van der Waals surface area contributed by atoms with Crippen LogP contribution in [0.4, 0.5) is 17.5 Å². The number of carbonyl (C=O) groups excluding carboxylic acids is 2. The molecule has 0 radical (unpaired) electrons. The van der Waals surface area contributed by atoms with E-state index in [1.807, 2.05) is 16.7 Å². The number of aldehydes is 1. The zero-order valence-corrected chi connectivity index (χ0v) is 16.7. The molecule has 1 amide bonds. The molecule has 10 heteroatoms. The minimum Gasteiger partial charge on any atom is -0.494 e. The molecule has 156 valence electrons. The minimum absolute atomic E-state index is 0.331. The van der Waals surface area contributed by atoms with E-state index in [4.69, 9.17) is 16.2 Å². The van der Waals surface area contributed by atoms with Crippen molar-refractivity contribution in [2.75, 3.05) is 37.1 Å². The predicted octanol–water partition coefficient (Wildman–Crippen LogP) is 1.64. The van der Waals surface area contributed by atoms with Gasteiger partial charge in [-0.05, 0) is 18.2 Å². The van der Waals surface area contributed by atoms with Gasteiger partial charge in [0.15, 0.2) is 6.29 Å². The number of fused-ring (bicyclic) bond motifs is 1. The van der Waals surface area contributed by atoms with Gasteiger partial charge in [-0.3, -0.25) is 9.59 Å². The first-order valence-corrected chi connectivity index (χ1v) is 9.13. The lowest BCUT2D eigenvalue weighted by molar-refractivity contribution is 0.0999. The van der Waals surface area contributed by atoms with Crippen LogP contribution in [0.15, 0.2) is 36.5 Å². The first-order chi connectivity index (χ1) is 14.5. The van der Waals surface area contributed by atoms with E-state index in [1.54, 1.807) is 25.2 Å². The summed E-state index contributed by atoms with van der Waals surface area (Å²) in [6, 6.07) is 4.81. The van der Waals surface area contributed by atoms with Crippen LogP contribution in [0, 0.1) is 0 Å². The third-order valence-corrected chi connectivity index (χ3v) is 4.45. The number of benzene rings is 1. The molecular formula is C20H23N7O3. The zero-order valence-electron chi connectivity index (χ0n) is 16.7. The molecule has 3 rings (SSSR count). The van der Waals surface area contributed by atoms with Crippen molar-refractivity contribution in [3.05, 3.63) is 47.7 Å². The molecule has 2 heterocycles. The molecule has 10 nitrogen and oxygen atoms in total. The lowest BCUT2D eigenvalue weighted by Crippen LogP contribution is -2.11. The number of hydrogen-bond acceptors (Lipinski definition) is 8. The quantitative estimate of drug-likeness (QED) is 0.308. The second-order valence-electron chi connectivity index (χ2n) is 6.38. The van der Waals surface area contributed by atoms with Crippen molar-refractivity contribution in [2.24, 2.45) is 5.73 Å². The molecule has 2 aromatic heterocycles. The standard InChI is InChI=1S/C20H23N7O3/c1-23-20-26-15-8-13(18(22)29)9-16(30-2)17(15)27(20)6-4-3-5-24-19-14(21)7-12(11-28)10-25-19/h3-4,7-11H,5-6,21H2,1-2H3,(H2,22,29)(H,23,26)(H,24,25)/b4-3+. The summed E-state index contributed by atoms with van der Waals surface area (Å²) >= 11 is 0. The number of nitrogens with two attached hydrogens (primary N) is 2. The summed E-state index contributed by atoms with van der Waals surface area (Å²) in [6.45, 7) is 0.996. The molecule has 30 heavy (non-hydrogen) atoms. The fourth-order valence-corrected chi connectivity index (χ4v) is 3.03. The van der Waals surface area contributed by atoms with Crippen LogP contribution in [0.2, 0.25) is 0 Å². The molecule has 0 spiro atoms. The topological polar surface area (TPSA) is 150 Å². The minimum atomic E-state index is -0.546. The van der Waals surface area contributed by atoms with Crippen LogP contribution in [0.25, 0.3) is 11.0 Å². The highest BCUT2D eigenvalue weighted by atomic mass is 16.5. The Bertz CT molecular complexity index is 1120. The van der Waals surface area contributed by atoms with Gasteiger partial charge in [-0.1, -0.05) is 12.2 Å². The second kappa shape index (κ2) is 8.95. The molecule has 0 saturated heterocycles. The van der Waals surface area contributed by atoms with E-state index in [9.17, 15) is 9.59 Å². The van der Waals surface area contributed by atoms with Gasteiger partial charge in [0.25, 0.3) is 0 Å². The van der Waals surface area contributed by atoms with E-state index in [0.717, 1.165) is 5.52 Å². The number of methoxy groups -OCH3 is 1. The van der Waals surface area contributed by atoms with Gasteiger partial charge in [0, 0.05) is 37.5 Å². The molecule has 0 unspecified atom stereocenters. The average Bonchev–Trinajstić information content (AvgIpc) is 3.11. The number of rotatable bonds is 9. The number of pyridine rings is 1. The van der Waals surface area contributed by atoms with Crippen LogP contribution < -0.4 is 26.8 Å². The van der Waals surface area contributed by atoms with Gasteiger partial charge < -0.3 is 31.4 Å². The SMILES string of the molecule is CNc1nc2cc(C(N)=O)cc(OC)c2n1C/C=C/CNc1ncc(C=O)cc1N. The van der Waals surface area contributed by atoms with Crippen molar-refractivity contribution in [1.82, 2.24) is 14.5 Å². The van der Waals surface area contributed by atoms with Gasteiger partial charge in [-0.2, -0.15) is 0 Å². The molecule has 6 N–H and O–H groups in total. The number of carbonyl (C=O) groups is 2. The highest BCUT2D eigenvalue weighted by Gasteiger charge is 2.16. The van der Waals surface area contributed by atoms with E-state index in [-0.39, 0.29) is 0 Å². The molecule has 0 atom stereocenters. The van der Waals surface area contributed by atoms with Crippen LogP contribution in [0.3, 0.4) is 0 Å². The molecule has 3 aromatic rings. The van der Waals surface area contributed by atoms with Crippen LogP contribution in [0.1, 0.15) is 20.7 Å². The Balaban J connectivity index is 1.78. The number of anilines is 3. The maximum atomic E-state index is 11.6. The van der Waals surface area contributed by atoms with Crippen molar-refractivity contribution >= 4 is 40.7 Å². The molecule has 0 aliphatic carbocycles. The summed E-state index contributed by atoms with van der Waals surface area (Å²) in [5, 5.41) is 6.14. The number of nitrogen functional groups attached to an aromatic ring is 1. The number of ether oxygens (including phenoxy) is 1. The van der Waals surface area contributed by atoms with E-state index < -0.39 is 5.91 Å². The molecule has 0 saturated carbocycles. The summed E-state index contributed by atoms with van der Waals surface area (Å²) in [4.78, 5) is 31.0. The number of imidazole rings is 1. The lowest BCUT2D eigenvalue weighted by Gasteiger charge is -2.10. The Hall–Kier alpha value is -4.08. The van der Waals surface area contributed by atoms with Crippen LogP contribution in [0.5, 0.6) is 5.75 Å². The Morgan fingerprint density at radius 3 is 2.73 bits per heavy atom. The molecule has 0 fully saturated rings. The summed E-state index contributed by atoms with van der Waals surface area (Å²) in [5.74, 6) is 1.10. The zero-order chi connectivity index (χ0) is 21.7. The van der Waals surface area contributed by atoms with Crippen molar-refractivity contribution in [2.45, 2.75) is 6.54 Å². The predicted molar refractivity (Wildman–Crippen MR) is 116 cm³/mol. The molecule has 0 aliphatic heterocycles. The van der Waals surface area contributed by atoms with Crippen LogP contribution >= 0.6 is 0 Å². The smallest absolute Gasteiger partial charge is 0.248 e. The van der Waals surface area contributed by atoms with Crippen molar-refractivity contribution in [3.63, 3.8) is 0 Å². The number of amides is 1. The number of nitrogens with one attached hydrogen (secondary N) is 2. The number of hydrogen-bond donors (Lipinski definition) is 4. The Kier molecular flexibility index (Phi) is 6.16. The first-order valence-electron chi connectivity index (χ1n) is 9.13. The van der Waals surface area contributed by atoms with Gasteiger partial charge in [-0.15, -0.1) is 0 Å². The van der Waals surface area contributed by atoms with Crippen molar-refractivity contribution < 1.29 is 14.3 Å². The van der Waals surface area contributed by atoms with Gasteiger partial charge in [0.1, 0.15) is 17.1 Å². The van der Waals surface area contributed by atoms with Gasteiger partial charge in [0.05, 0.1) is 18.3 Å². The molecule has 0 aliphatic rings. The Labute approximate surface area is 172 Å². The maximum Gasteiger partial charge on any atom is 0.248 e. The highest BCUT2D eigenvalue weighted by Crippen LogP contribution is 2.30. The monoisotopic (exact) mass is 409 g/mol. The van der Waals surface area contributed by atoms with Gasteiger partial charge in [0.2, 0.25) is 11.9 Å². The van der Waals surface area contributed by atoms with E-state index in [1.165, 1.54) is 13.3 Å². The van der Waals surface area contributed by atoms with E-state index >= 15 is 0 Å². The Morgan fingerprint density at radius 2 is 2.10 bits per heavy atom. The number of primary amides is 1. The Morgan fingerprint density at radius 1 is 1.30 bits per heavy atom. The van der Waals surface area contributed by atoms with Crippen LogP contribution in [-0.2, 0) is 6.54 Å². The number of aromatic nitrogens is 3. The van der Waals surface area contributed by atoms with Crippen molar-refractivity contribution in [1.29, 1.82) is 0 Å². The second-order valence-corrected chi connectivity index (χ2v) is 6.38. The highest BCUT2D eigenvalue weighted by molar-refractivity contribution is 5.98. The average molecular weight is 409 g/mol. The lowest BCUT2D eigenvalue weighted by atomic mass is 10.1. The number of allylic oxidation sites excluding steroid dienone is 1. The first kappa shape index (κ1) is 20.6. The third-order valence-electron chi connectivity index (χ3n) is 4.45. The summed E-state index contributed by atoms with van der Waals surface area (Å²) in [6.07, 6.45) is 6.03. The van der Waals surface area contributed by atoms with E-state index in [2.05, 4.69) is 20.6 Å². The van der Waals surface area contributed by atoms with E-state index in [0.29, 0.717) is 59.2 Å². The van der Waals surface area contributed by atoms with Gasteiger partial charge >= 0.3 is 0 Å². The molecule has 0 bridgehead atoms. The normalized spacial score (nSPS) is 11.0. The summed E-state index contributed by atoms with van der Waals surface area (Å²) < 4.78 is 7.39. The molecular weight excluding hydrogens is 386 g/mol. The van der Waals surface area contributed by atoms with Crippen LogP contribution in [-0.4, -0.2) is 47.4 Å². The largest absolute Gasteiger partial charge is 0.494 e. The fraction of sp³-hybridized carbons (Fsp3) is 0.200. The number of nitrogens with zero attached hydrogens (tertiary/aromatic N) is 3. The molecule has 1 aromatic carbocycles. The maximum absolute atomic E-state index is 11.6. The third kappa shape index (κ3) is 4.17.